The molecule has 0 atom stereocenters. The summed E-state index contributed by atoms with van der Waals surface area (Å²) in [7, 11) is 1.58. The molecule has 0 aliphatic carbocycles. The third-order valence-electron chi connectivity index (χ3n) is 5.10. The fourth-order valence-electron chi connectivity index (χ4n) is 3.83. The van der Waals surface area contributed by atoms with Gasteiger partial charge < -0.3 is 25.1 Å². The molecule has 3 N–H and O–H groups in total. The topological polar surface area (TPSA) is 99.7 Å². The molecule has 0 unspecified atom stereocenters. The van der Waals surface area contributed by atoms with E-state index in [9.17, 15) is 5.11 Å². The molecule has 0 radical (unpaired) electrons. The number of nitrogens with zero attached hydrogens (tertiary/aromatic N) is 2. The van der Waals surface area contributed by atoms with Crippen molar-refractivity contribution in [3.05, 3.63) is 41.6 Å². The lowest BCUT2D eigenvalue weighted by molar-refractivity contribution is 0.171. The van der Waals surface area contributed by atoms with E-state index in [0.29, 0.717) is 47.4 Å². The van der Waals surface area contributed by atoms with Crippen molar-refractivity contribution in [1.29, 1.82) is 0 Å². The van der Waals surface area contributed by atoms with Crippen molar-refractivity contribution in [3.63, 3.8) is 0 Å². The Morgan fingerprint density at radius 1 is 1.07 bits per heavy atom. The molecule has 4 rings (SSSR count). The van der Waals surface area contributed by atoms with E-state index in [0.717, 1.165) is 29.5 Å². The van der Waals surface area contributed by atoms with Crippen molar-refractivity contribution < 1.29 is 19.3 Å². The lowest BCUT2D eigenvalue weighted by Crippen LogP contribution is -2.15. The monoisotopic (exact) mass is 407 g/mol. The molecule has 0 saturated carbocycles. The number of hydrogen-bond acceptors (Lipinski definition) is 7. The van der Waals surface area contributed by atoms with Crippen molar-refractivity contribution >= 4 is 5.95 Å². The molecule has 1 aliphatic rings. The number of nitrogen functional groups attached to an aromatic ring is 1. The van der Waals surface area contributed by atoms with E-state index in [2.05, 4.69) is 16.9 Å². The lowest BCUT2D eigenvalue weighted by atomic mass is 9.92. The number of benzene rings is 2. The van der Waals surface area contributed by atoms with Gasteiger partial charge in [0.05, 0.1) is 18.5 Å². The number of methoxy groups -OCH3 is 1. The van der Waals surface area contributed by atoms with E-state index in [1.807, 2.05) is 31.2 Å². The van der Waals surface area contributed by atoms with E-state index >= 15 is 0 Å². The summed E-state index contributed by atoms with van der Waals surface area (Å²) in [5.74, 6) is 2.23. The molecule has 156 valence electrons. The van der Waals surface area contributed by atoms with Crippen molar-refractivity contribution in [2.24, 2.45) is 0 Å². The molecule has 7 heteroatoms. The number of aromatic hydroxyl groups is 1. The van der Waals surface area contributed by atoms with Crippen LogP contribution in [0.2, 0.25) is 0 Å². The second kappa shape index (κ2) is 8.10. The van der Waals surface area contributed by atoms with Crippen LogP contribution in [0.3, 0.4) is 0 Å². The molecule has 0 amide bonds. The van der Waals surface area contributed by atoms with Gasteiger partial charge in [-0.2, -0.15) is 0 Å². The smallest absolute Gasteiger partial charge is 0.220 e. The highest BCUT2D eigenvalue weighted by Gasteiger charge is 2.23. The van der Waals surface area contributed by atoms with E-state index in [-0.39, 0.29) is 11.7 Å². The number of fused-ring (bicyclic) bond motifs is 1. The van der Waals surface area contributed by atoms with Crippen LogP contribution in [0.25, 0.3) is 22.4 Å². The molecule has 0 spiro atoms. The number of aryl methyl sites for hydroxylation is 2. The summed E-state index contributed by atoms with van der Waals surface area (Å²) >= 11 is 0. The average Bonchev–Trinajstić information content (AvgIpc) is 2.73. The van der Waals surface area contributed by atoms with Gasteiger partial charge in [-0.25, -0.2) is 9.97 Å². The predicted octanol–water partition coefficient (Wildman–Crippen LogP) is 4.14. The van der Waals surface area contributed by atoms with Crippen LogP contribution in [0, 0.1) is 6.92 Å². The minimum atomic E-state index is 0.0918. The first-order valence-electron chi connectivity index (χ1n) is 9.96. The highest BCUT2D eigenvalue weighted by molar-refractivity contribution is 5.88. The second-order valence-corrected chi connectivity index (χ2v) is 7.18. The number of aromatic nitrogens is 2. The van der Waals surface area contributed by atoms with Crippen LogP contribution in [0.5, 0.6) is 23.0 Å². The molecule has 0 bridgehead atoms. The standard InChI is InChI=1S/C23H25N3O4/c1-4-5-14-10-16(28-3)12-17(27)21(14)22-20(13(2)25-23(24)26-22)15-6-7-18-19(11-15)30-9-8-29-18/h6-7,10-12,27H,4-5,8-9H2,1-3H3,(H2,24,25,26). The summed E-state index contributed by atoms with van der Waals surface area (Å²) in [6, 6.07) is 9.26. The molecule has 7 nitrogen and oxygen atoms in total. The Hall–Kier alpha value is -3.48. The van der Waals surface area contributed by atoms with E-state index < -0.39 is 0 Å². The Kier molecular flexibility index (Phi) is 5.35. The first kappa shape index (κ1) is 19.8. The number of anilines is 1. The SMILES string of the molecule is CCCc1cc(OC)cc(O)c1-c1nc(N)nc(C)c1-c1ccc2c(c1)OCCO2. The number of phenols is 1. The minimum Gasteiger partial charge on any atom is -0.507 e. The van der Waals surface area contributed by atoms with E-state index in [4.69, 9.17) is 19.9 Å². The molecule has 0 saturated heterocycles. The van der Waals surface area contributed by atoms with Crippen LogP contribution in [-0.2, 0) is 6.42 Å². The van der Waals surface area contributed by atoms with Gasteiger partial charge >= 0.3 is 0 Å². The fourth-order valence-corrected chi connectivity index (χ4v) is 3.83. The summed E-state index contributed by atoms with van der Waals surface area (Å²) in [6.07, 6.45) is 1.65. The number of nitrogens with two attached hydrogens (primary N) is 1. The van der Waals surface area contributed by atoms with Gasteiger partial charge in [0.25, 0.3) is 0 Å². The van der Waals surface area contributed by atoms with Gasteiger partial charge in [0.15, 0.2) is 11.5 Å². The normalized spacial score (nSPS) is 12.6. The van der Waals surface area contributed by atoms with Crippen LogP contribution < -0.4 is 19.9 Å². The average molecular weight is 407 g/mol. The highest BCUT2D eigenvalue weighted by Crippen LogP contribution is 2.43. The summed E-state index contributed by atoms with van der Waals surface area (Å²) in [4.78, 5) is 8.92. The third-order valence-corrected chi connectivity index (χ3v) is 5.10. The van der Waals surface area contributed by atoms with Gasteiger partial charge in [0, 0.05) is 17.2 Å². The van der Waals surface area contributed by atoms with Gasteiger partial charge in [0.1, 0.15) is 24.7 Å². The molecular weight excluding hydrogens is 382 g/mol. The number of ether oxygens (including phenoxy) is 3. The van der Waals surface area contributed by atoms with Crippen LogP contribution in [0.15, 0.2) is 30.3 Å². The lowest BCUT2D eigenvalue weighted by Gasteiger charge is -2.21. The Bertz CT molecular complexity index is 1100. The van der Waals surface area contributed by atoms with E-state index in [1.54, 1.807) is 13.2 Å². The van der Waals surface area contributed by atoms with E-state index in [1.165, 1.54) is 0 Å². The molecule has 2 aromatic carbocycles. The Balaban J connectivity index is 1.97. The van der Waals surface area contributed by atoms with Gasteiger partial charge in [-0.05, 0) is 42.7 Å². The van der Waals surface area contributed by atoms with Gasteiger partial charge in [-0.15, -0.1) is 0 Å². The number of rotatable bonds is 5. The van der Waals surface area contributed by atoms with Gasteiger partial charge in [-0.1, -0.05) is 19.4 Å². The summed E-state index contributed by atoms with van der Waals surface area (Å²) in [6.45, 7) is 5.00. The minimum absolute atomic E-state index is 0.0918. The zero-order valence-corrected chi connectivity index (χ0v) is 17.4. The number of hydrogen-bond donors (Lipinski definition) is 2. The van der Waals surface area contributed by atoms with Crippen LogP contribution in [0.1, 0.15) is 24.6 Å². The molecule has 1 aliphatic heterocycles. The molecule has 0 fully saturated rings. The summed E-state index contributed by atoms with van der Waals surface area (Å²) in [5.41, 5.74) is 10.5. The predicted molar refractivity (Wildman–Crippen MR) is 115 cm³/mol. The Labute approximate surface area is 175 Å². The first-order valence-corrected chi connectivity index (χ1v) is 9.96. The van der Waals surface area contributed by atoms with Crippen molar-refractivity contribution in [2.75, 3.05) is 26.1 Å². The molecule has 2 heterocycles. The molecule has 1 aromatic heterocycles. The molecular formula is C23H25N3O4. The van der Waals surface area contributed by atoms with Crippen LogP contribution in [-0.4, -0.2) is 35.4 Å². The van der Waals surface area contributed by atoms with Gasteiger partial charge in [0.2, 0.25) is 5.95 Å². The maximum atomic E-state index is 10.9. The summed E-state index contributed by atoms with van der Waals surface area (Å²) < 4.78 is 16.7. The quantitative estimate of drug-likeness (QED) is 0.656. The van der Waals surface area contributed by atoms with Crippen molar-refractivity contribution in [2.45, 2.75) is 26.7 Å². The fraction of sp³-hybridized carbons (Fsp3) is 0.304. The zero-order chi connectivity index (χ0) is 21.3. The molecule has 30 heavy (non-hydrogen) atoms. The van der Waals surface area contributed by atoms with Crippen molar-refractivity contribution in [1.82, 2.24) is 9.97 Å². The number of phenolic OH excluding ortho intramolecular Hbond substituents is 1. The summed E-state index contributed by atoms with van der Waals surface area (Å²) in [5, 5.41) is 10.9. The Morgan fingerprint density at radius 2 is 1.83 bits per heavy atom. The maximum Gasteiger partial charge on any atom is 0.220 e. The first-order chi connectivity index (χ1) is 14.5. The van der Waals surface area contributed by atoms with Crippen LogP contribution >= 0.6 is 0 Å². The molecule has 3 aromatic rings. The Morgan fingerprint density at radius 3 is 2.57 bits per heavy atom. The largest absolute Gasteiger partial charge is 0.507 e. The van der Waals surface area contributed by atoms with Gasteiger partial charge in [-0.3, -0.25) is 0 Å². The maximum absolute atomic E-state index is 10.9. The third kappa shape index (κ3) is 3.58. The zero-order valence-electron chi connectivity index (χ0n) is 17.4. The highest BCUT2D eigenvalue weighted by atomic mass is 16.6. The van der Waals surface area contributed by atoms with Crippen molar-refractivity contribution in [3.8, 4) is 45.4 Å². The van der Waals surface area contributed by atoms with Crippen LogP contribution in [0.4, 0.5) is 5.95 Å². The second-order valence-electron chi connectivity index (χ2n) is 7.18.